The third-order valence-electron chi connectivity index (χ3n) is 5.32. The fourth-order valence-corrected chi connectivity index (χ4v) is 3.82. The van der Waals surface area contributed by atoms with Crippen LogP contribution in [0.3, 0.4) is 0 Å². The predicted octanol–water partition coefficient (Wildman–Crippen LogP) is 2.50. The number of nitrogens with one attached hydrogen (secondary N) is 1. The molecule has 1 aliphatic heterocycles. The molecule has 1 heterocycles. The van der Waals surface area contributed by atoms with Crippen molar-refractivity contribution in [2.45, 2.75) is 38.8 Å². The largest absolute Gasteiger partial charge is 0.379 e. The Morgan fingerprint density at radius 3 is 2.57 bits per heavy atom. The number of hydrogen-bond donors (Lipinski definition) is 1. The maximum absolute atomic E-state index is 12.3. The van der Waals surface area contributed by atoms with Crippen molar-refractivity contribution in [3.05, 3.63) is 34.9 Å². The second kappa shape index (κ2) is 6.80. The van der Waals surface area contributed by atoms with E-state index in [0.29, 0.717) is 17.5 Å². The van der Waals surface area contributed by atoms with Crippen LogP contribution in [0, 0.1) is 5.41 Å². The number of ether oxygens (including phenoxy) is 1. The number of rotatable bonds is 4. The summed E-state index contributed by atoms with van der Waals surface area (Å²) in [6, 6.07) is 8.24. The van der Waals surface area contributed by atoms with E-state index in [1.165, 1.54) is 0 Å². The molecule has 0 radical (unpaired) electrons. The maximum Gasteiger partial charge on any atom is 0.224 e. The molecule has 1 aliphatic carbocycles. The molecule has 1 aromatic rings. The molecule has 1 N–H and O–H groups in total. The standard InChI is InChI=1S/C18H25ClN2O2/c1-18(2)15(12-16(18)21-7-9-23-10-8-21)20-17(22)11-13-3-5-14(19)6-4-13/h3-6,15-16H,7-12H2,1-2H3,(H,20,22). The number of hydrogen-bond acceptors (Lipinski definition) is 3. The van der Waals surface area contributed by atoms with Gasteiger partial charge < -0.3 is 10.1 Å². The van der Waals surface area contributed by atoms with Gasteiger partial charge in [0.25, 0.3) is 0 Å². The minimum atomic E-state index is 0.0887. The Kier molecular flexibility index (Phi) is 4.95. The lowest BCUT2D eigenvalue weighted by molar-refractivity contribution is -0.127. The predicted molar refractivity (Wildman–Crippen MR) is 91.7 cm³/mol. The molecule has 0 spiro atoms. The lowest BCUT2D eigenvalue weighted by atomic mass is 9.62. The Morgan fingerprint density at radius 2 is 1.96 bits per heavy atom. The molecule has 2 fully saturated rings. The summed E-state index contributed by atoms with van der Waals surface area (Å²) in [5, 5.41) is 3.91. The van der Waals surface area contributed by atoms with Gasteiger partial charge in [0.1, 0.15) is 0 Å². The minimum Gasteiger partial charge on any atom is -0.379 e. The van der Waals surface area contributed by atoms with Crippen molar-refractivity contribution in [3.63, 3.8) is 0 Å². The Hall–Kier alpha value is -1.10. The fourth-order valence-electron chi connectivity index (χ4n) is 3.69. The average Bonchev–Trinajstić information content (AvgIpc) is 2.54. The van der Waals surface area contributed by atoms with Crippen LogP contribution in [0.15, 0.2) is 24.3 Å². The highest BCUT2D eigenvalue weighted by Gasteiger charge is 2.51. The van der Waals surface area contributed by atoms with Gasteiger partial charge in [-0.1, -0.05) is 37.6 Å². The Bertz CT molecular complexity index is 553. The Labute approximate surface area is 143 Å². The first-order chi connectivity index (χ1) is 11.0. The maximum atomic E-state index is 12.3. The van der Waals surface area contributed by atoms with Crippen molar-refractivity contribution in [3.8, 4) is 0 Å². The van der Waals surface area contributed by atoms with Gasteiger partial charge in [-0.15, -0.1) is 0 Å². The molecule has 2 unspecified atom stereocenters. The van der Waals surface area contributed by atoms with E-state index in [1.54, 1.807) is 0 Å². The van der Waals surface area contributed by atoms with Gasteiger partial charge in [0.05, 0.1) is 19.6 Å². The van der Waals surface area contributed by atoms with Gasteiger partial charge >= 0.3 is 0 Å². The summed E-state index contributed by atoms with van der Waals surface area (Å²) in [6.07, 6.45) is 1.44. The zero-order valence-electron chi connectivity index (χ0n) is 13.8. The highest BCUT2D eigenvalue weighted by molar-refractivity contribution is 6.30. The number of carbonyl (C=O) groups excluding carboxylic acids is 1. The molecular weight excluding hydrogens is 312 g/mol. The van der Waals surface area contributed by atoms with Crippen LogP contribution in [0.1, 0.15) is 25.8 Å². The van der Waals surface area contributed by atoms with Gasteiger partial charge in [-0.25, -0.2) is 0 Å². The lowest BCUT2D eigenvalue weighted by Crippen LogP contribution is -2.67. The molecule has 1 amide bonds. The van der Waals surface area contributed by atoms with E-state index in [2.05, 4.69) is 24.1 Å². The van der Waals surface area contributed by atoms with Gasteiger partial charge in [0.15, 0.2) is 0 Å². The van der Waals surface area contributed by atoms with E-state index in [0.717, 1.165) is 38.3 Å². The number of halogens is 1. The monoisotopic (exact) mass is 336 g/mol. The summed E-state index contributed by atoms with van der Waals surface area (Å²) in [4.78, 5) is 14.8. The molecule has 1 saturated heterocycles. The van der Waals surface area contributed by atoms with Crippen LogP contribution in [-0.4, -0.2) is 49.2 Å². The van der Waals surface area contributed by atoms with Crippen LogP contribution in [-0.2, 0) is 16.0 Å². The molecule has 0 bridgehead atoms. The van der Waals surface area contributed by atoms with Crippen LogP contribution < -0.4 is 5.32 Å². The van der Waals surface area contributed by atoms with E-state index in [1.807, 2.05) is 24.3 Å². The van der Waals surface area contributed by atoms with E-state index in [9.17, 15) is 4.79 Å². The second-order valence-electron chi connectivity index (χ2n) is 7.14. The number of amides is 1. The normalized spacial score (nSPS) is 27.3. The number of carbonyl (C=O) groups is 1. The fraction of sp³-hybridized carbons (Fsp3) is 0.611. The quantitative estimate of drug-likeness (QED) is 0.918. The minimum absolute atomic E-state index is 0.0887. The number of morpholine rings is 1. The van der Waals surface area contributed by atoms with Crippen molar-refractivity contribution < 1.29 is 9.53 Å². The number of nitrogens with zero attached hydrogens (tertiary/aromatic N) is 1. The Morgan fingerprint density at radius 1 is 1.30 bits per heavy atom. The zero-order valence-corrected chi connectivity index (χ0v) is 14.6. The van der Waals surface area contributed by atoms with Crippen LogP contribution >= 0.6 is 11.6 Å². The first-order valence-corrected chi connectivity index (χ1v) is 8.70. The van der Waals surface area contributed by atoms with Gasteiger partial charge in [0.2, 0.25) is 5.91 Å². The van der Waals surface area contributed by atoms with E-state index in [4.69, 9.17) is 16.3 Å². The first-order valence-electron chi connectivity index (χ1n) is 8.32. The summed E-state index contributed by atoms with van der Waals surface area (Å²) < 4.78 is 5.43. The molecule has 5 heteroatoms. The topological polar surface area (TPSA) is 41.6 Å². The number of benzene rings is 1. The molecule has 2 atom stereocenters. The highest BCUT2D eigenvalue weighted by Crippen LogP contribution is 2.44. The summed E-state index contributed by atoms with van der Waals surface area (Å²) >= 11 is 5.88. The average molecular weight is 337 g/mol. The smallest absolute Gasteiger partial charge is 0.224 e. The molecule has 3 rings (SSSR count). The van der Waals surface area contributed by atoms with Crippen molar-refractivity contribution in [1.29, 1.82) is 0 Å². The molecular formula is C18H25ClN2O2. The Balaban J connectivity index is 1.52. The van der Waals surface area contributed by atoms with Crippen LogP contribution in [0.2, 0.25) is 5.02 Å². The van der Waals surface area contributed by atoms with Gasteiger partial charge in [0, 0.05) is 35.6 Å². The van der Waals surface area contributed by atoms with Crippen LogP contribution in [0.4, 0.5) is 0 Å². The molecule has 4 nitrogen and oxygen atoms in total. The molecule has 1 saturated carbocycles. The van der Waals surface area contributed by atoms with Crippen LogP contribution in [0.5, 0.6) is 0 Å². The first kappa shape index (κ1) is 16.7. The van der Waals surface area contributed by atoms with Crippen molar-refractivity contribution >= 4 is 17.5 Å². The molecule has 0 aromatic heterocycles. The summed E-state index contributed by atoms with van der Waals surface area (Å²) in [7, 11) is 0. The van der Waals surface area contributed by atoms with Gasteiger partial charge in [-0.2, -0.15) is 0 Å². The summed E-state index contributed by atoms with van der Waals surface area (Å²) in [5.41, 5.74) is 1.10. The van der Waals surface area contributed by atoms with Gasteiger partial charge in [-0.05, 0) is 24.1 Å². The summed E-state index contributed by atoms with van der Waals surface area (Å²) in [5.74, 6) is 0.0887. The lowest BCUT2D eigenvalue weighted by Gasteiger charge is -2.57. The van der Waals surface area contributed by atoms with Crippen LogP contribution in [0.25, 0.3) is 0 Å². The molecule has 1 aromatic carbocycles. The molecule has 126 valence electrons. The zero-order chi connectivity index (χ0) is 16.4. The molecule has 2 aliphatic rings. The third kappa shape index (κ3) is 3.70. The SMILES string of the molecule is CC1(C)C(NC(=O)Cc2ccc(Cl)cc2)CC1N1CCOCC1. The van der Waals surface area contributed by atoms with E-state index in [-0.39, 0.29) is 17.4 Å². The van der Waals surface area contributed by atoms with Crippen molar-refractivity contribution in [1.82, 2.24) is 10.2 Å². The summed E-state index contributed by atoms with van der Waals surface area (Å²) in [6.45, 7) is 8.15. The van der Waals surface area contributed by atoms with Crippen molar-refractivity contribution in [2.24, 2.45) is 5.41 Å². The van der Waals surface area contributed by atoms with Gasteiger partial charge in [-0.3, -0.25) is 9.69 Å². The second-order valence-corrected chi connectivity index (χ2v) is 7.58. The molecule has 23 heavy (non-hydrogen) atoms. The van der Waals surface area contributed by atoms with Crippen molar-refractivity contribution in [2.75, 3.05) is 26.3 Å². The van der Waals surface area contributed by atoms with E-state index >= 15 is 0 Å². The van der Waals surface area contributed by atoms with E-state index < -0.39 is 0 Å². The highest BCUT2D eigenvalue weighted by atomic mass is 35.5. The third-order valence-corrected chi connectivity index (χ3v) is 5.57.